The Hall–Kier alpha value is -2.02. The molecule has 0 bridgehead atoms. The first kappa shape index (κ1) is 15.3. The largest absolute Gasteiger partial charge is 0.356 e. The summed E-state index contributed by atoms with van der Waals surface area (Å²) in [6.07, 6.45) is 10.6. The van der Waals surface area contributed by atoms with Gasteiger partial charge in [0.2, 0.25) is 0 Å². The molecule has 1 aliphatic carbocycles. The summed E-state index contributed by atoms with van der Waals surface area (Å²) in [6.45, 7) is 4.05. The number of fused-ring (bicyclic) bond motifs is 3. The third-order valence-electron chi connectivity index (χ3n) is 5.48. The zero-order valence-electron chi connectivity index (χ0n) is 14.5. The van der Waals surface area contributed by atoms with E-state index in [1.54, 1.807) is 11.2 Å². The Morgan fingerprint density at radius 2 is 1.96 bits per heavy atom. The summed E-state index contributed by atoms with van der Waals surface area (Å²) in [5.74, 6) is 2.05. The fraction of sp³-hybridized carbons (Fsp3) is 0.556. The second-order valence-corrected chi connectivity index (χ2v) is 8.16. The highest BCUT2D eigenvalue weighted by atomic mass is 32.1. The molecule has 0 amide bonds. The zero-order valence-corrected chi connectivity index (χ0v) is 15.3. The van der Waals surface area contributed by atoms with Gasteiger partial charge in [-0.3, -0.25) is 0 Å². The van der Waals surface area contributed by atoms with Crippen LogP contribution in [0.3, 0.4) is 0 Å². The molecule has 1 fully saturated rings. The van der Waals surface area contributed by atoms with Crippen LogP contribution in [0.1, 0.15) is 48.0 Å². The van der Waals surface area contributed by atoms with Crippen molar-refractivity contribution in [3.63, 3.8) is 0 Å². The average molecular weight is 354 g/mol. The van der Waals surface area contributed by atoms with Crippen molar-refractivity contribution in [2.45, 2.75) is 51.5 Å². The van der Waals surface area contributed by atoms with E-state index in [0.29, 0.717) is 6.04 Å². The van der Waals surface area contributed by atoms with Crippen molar-refractivity contribution >= 4 is 27.4 Å². The molecule has 5 rings (SSSR count). The molecule has 1 aliphatic heterocycles. The quantitative estimate of drug-likeness (QED) is 0.706. The highest BCUT2D eigenvalue weighted by molar-refractivity contribution is 7.19. The van der Waals surface area contributed by atoms with E-state index in [0.717, 1.165) is 31.8 Å². The Morgan fingerprint density at radius 1 is 1.12 bits per heavy atom. The molecule has 7 heteroatoms. The van der Waals surface area contributed by atoms with Crippen molar-refractivity contribution < 1.29 is 0 Å². The Kier molecular flexibility index (Phi) is 3.69. The smallest absolute Gasteiger partial charge is 0.141 e. The topological polar surface area (TPSA) is 59.7 Å². The number of aryl methyl sites for hydroxylation is 3. The van der Waals surface area contributed by atoms with Gasteiger partial charge >= 0.3 is 0 Å². The van der Waals surface area contributed by atoms with E-state index in [1.165, 1.54) is 47.3 Å². The molecule has 3 aromatic rings. The van der Waals surface area contributed by atoms with Gasteiger partial charge in [-0.2, -0.15) is 5.10 Å². The van der Waals surface area contributed by atoms with Gasteiger partial charge in [-0.1, -0.05) is 0 Å². The first-order valence-electron chi connectivity index (χ1n) is 9.17. The second-order valence-electron chi connectivity index (χ2n) is 7.08. The predicted molar refractivity (Wildman–Crippen MR) is 99.3 cm³/mol. The van der Waals surface area contributed by atoms with Crippen LogP contribution in [0.4, 0.5) is 5.82 Å². The van der Waals surface area contributed by atoms with E-state index in [-0.39, 0.29) is 0 Å². The lowest BCUT2D eigenvalue weighted by molar-refractivity contribution is 0.365. The van der Waals surface area contributed by atoms with Crippen LogP contribution in [0.5, 0.6) is 0 Å². The lowest BCUT2D eigenvalue weighted by Gasteiger charge is -2.33. The molecular formula is C18H22N6S. The number of anilines is 1. The summed E-state index contributed by atoms with van der Waals surface area (Å²) in [4.78, 5) is 18.9. The van der Waals surface area contributed by atoms with Crippen LogP contribution in [0.2, 0.25) is 0 Å². The monoisotopic (exact) mass is 354 g/mol. The predicted octanol–water partition coefficient (Wildman–Crippen LogP) is 3.31. The average Bonchev–Trinajstić information content (AvgIpc) is 3.28. The van der Waals surface area contributed by atoms with Crippen molar-refractivity contribution in [1.29, 1.82) is 0 Å². The molecule has 3 aromatic heterocycles. The molecule has 6 nitrogen and oxygen atoms in total. The van der Waals surface area contributed by atoms with Crippen LogP contribution in [-0.2, 0) is 12.8 Å². The molecule has 2 aliphatic rings. The zero-order chi connectivity index (χ0) is 16.8. The normalized spacial score (nSPS) is 18.7. The highest BCUT2D eigenvalue weighted by Crippen LogP contribution is 2.40. The van der Waals surface area contributed by atoms with E-state index in [1.807, 2.05) is 29.3 Å². The van der Waals surface area contributed by atoms with Crippen LogP contribution in [0.25, 0.3) is 10.2 Å². The summed E-state index contributed by atoms with van der Waals surface area (Å²) >= 11 is 1.89. The summed E-state index contributed by atoms with van der Waals surface area (Å²) < 4.78 is 2.00. The number of piperidine rings is 1. The SMILES string of the molecule is Cc1nc(N2CCC(n3cncn3)CC2)c2c3c(sc2n1)CCCC3. The van der Waals surface area contributed by atoms with Crippen molar-refractivity contribution in [1.82, 2.24) is 24.7 Å². The van der Waals surface area contributed by atoms with Gasteiger partial charge in [0.15, 0.2) is 0 Å². The van der Waals surface area contributed by atoms with Gasteiger partial charge in [-0.15, -0.1) is 11.3 Å². The van der Waals surface area contributed by atoms with Crippen molar-refractivity contribution in [3.05, 3.63) is 28.9 Å². The fourth-order valence-corrected chi connectivity index (χ4v) is 5.52. The number of thiophene rings is 1. The number of nitrogens with zero attached hydrogens (tertiary/aromatic N) is 6. The Morgan fingerprint density at radius 3 is 2.76 bits per heavy atom. The molecule has 0 aromatic carbocycles. The highest BCUT2D eigenvalue weighted by Gasteiger charge is 2.27. The summed E-state index contributed by atoms with van der Waals surface area (Å²) in [6, 6.07) is 0.452. The van der Waals surface area contributed by atoms with Gasteiger partial charge in [0.05, 0.1) is 11.4 Å². The molecule has 0 spiro atoms. The third kappa shape index (κ3) is 2.61. The summed E-state index contributed by atoms with van der Waals surface area (Å²) in [5, 5.41) is 5.65. The van der Waals surface area contributed by atoms with Crippen LogP contribution in [0.15, 0.2) is 12.7 Å². The van der Waals surface area contributed by atoms with E-state index in [2.05, 4.69) is 15.0 Å². The standard InChI is InChI=1S/C18H22N6S/c1-12-21-17(16-14-4-2-3-5-15(14)25-18(16)22-12)23-8-6-13(7-9-23)24-11-19-10-20-24/h10-11,13H,2-9H2,1H3. The van der Waals surface area contributed by atoms with Crippen LogP contribution in [-0.4, -0.2) is 37.8 Å². The molecule has 130 valence electrons. The molecule has 4 heterocycles. The molecular weight excluding hydrogens is 332 g/mol. The van der Waals surface area contributed by atoms with Gasteiger partial charge in [0.1, 0.15) is 29.1 Å². The summed E-state index contributed by atoms with van der Waals surface area (Å²) in [5.41, 5.74) is 1.53. The van der Waals surface area contributed by atoms with Gasteiger partial charge in [-0.25, -0.2) is 19.6 Å². The number of aromatic nitrogens is 5. The molecule has 0 atom stereocenters. The molecule has 0 radical (unpaired) electrons. The summed E-state index contributed by atoms with van der Waals surface area (Å²) in [7, 11) is 0. The van der Waals surface area contributed by atoms with Gasteiger partial charge in [0.25, 0.3) is 0 Å². The Bertz CT molecular complexity index is 892. The maximum absolute atomic E-state index is 4.88. The lowest BCUT2D eigenvalue weighted by Crippen LogP contribution is -2.35. The number of hydrogen-bond donors (Lipinski definition) is 0. The van der Waals surface area contributed by atoms with Gasteiger partial charge in [-0.05, 0) is 51.0 Å². The first-order valence-corrected chi connectivity index (χ1v) is 9.99. The van der Waals surface area contributed by atoms with Crippen LogP contribution in [0, 0.1) is 6.92 Å². The van der Waals surface area contributed by atoms with Crippen LogP contribution < -0.4 is 4.90 Å². The lowest BCUT2D eigenvalue weighted by atomic mass is 9.96. The first-order chi connectivity index (χ1) is 12.3. The molecule has 25 heavy (non-hydrogen) atoms. The minimum Gasteiger partial charge on any atom is -0.356 e. The number of rotatable bonds is 2. The fourth-order valence-electron chi connectivity index (χ4n) is 4.22. The van der Waals surface area contributed by atoms with E-state index >= 15 is 0 Å². The van der Waals surface area contributed by atoms with Crippen LogP contribution >= 0.6 is 11.3 Å². The molecule has 0 unspecified atom stereocenters. The van der Waals surface area contributed by atoms with Crippen molar-refractivity contribution in [3.8, 4) is 0 Å². The molecule has 0 saturated carbocycles. The van der Waals surface area contributed by atoms with Gasteiger partial charge in [0, 0.05) is 18.0 Å². The molecule has 1 saturated heterocycles. The minimum absolute atomic E-state index is 0.452. The van der Waals surface area contributed by atoms with Gasteiger partial charge < -0.3 is 4.90 Å². The number of hydrogen-bond acceptors (Lipinski definition) is 6. The maximum atomic E-state index is 4.88. The minimum atomic E-state index is 0.452. The van der Waals surface area contributed by atoms with E-state index in [4.69, 9.17) is 9.97 Å². The second kappa shape index (κ2) is 6.05. The van der Waals surface area contributed by atoms with Crippen molar-refractivity contribution in [2.24, 2.45) is 0 Å². The van der Waals surface area contributed by atoms with E-state index in [9.17, 15) is 0 Å². The van der Waals surface area contributed by atoms with Crippen molar-refractivity contribution in [2.75, 3.05) is 18.0 Å². The molecule has 0 N–H and O–H groups in total. The third-order valence-corrected chi connectivity index (χ3v) is 6.67. The van der Waals surface area contributed by atoms with E-state index < -0.39 is 0 Å². The maximum Gasteiger partial charge on any atom is 0.141 e. The Balaban J connectivity index is 1.49. The Labute approximate surface area is 150 Å².